The average molecular weight is 677 g/mol. The van der Waals surface area contributed by atoms with Gasteiger partial charge in [0, 0.05) is 0 Å². The van der Waals surface area contributed by atoms with E-state index in [0.29, 0.717) is 39.6 Å². The summed E-state index contributed by atoms with van der Waals surface area (Å²) in [5.74, 6) is 0. The van der Waals surface area contributed by atoms with Crippen molar-refractivity contribution in [3.63, 3.8) is 0 Å². The minimum Gasteiger partial charge on any atom is -0.374 e. The molecule has 4 aromatic carbocycles. The van der Waals surface area contributed by atoms with Gasteiger partial charge in [0.1, 0.15) is 24.4 Å². The lowest BCUT2D eigenvalue weighted by Crippen LogP contribution is -2.61. The summed E-state index contributed by atoms with van der Waals surface area (Å²) in [6.07, 6.45) is 3.58. The molecule has 0 aliphatic carbocycles. The topological polar surface area (TPSA) is 55.4 Å². The maximum absolute atomic E-state index is 6.81. The summed E-state index contributed by atoms with van der Waals surface area (Å²) in [4.78, 5) is 0. The fraction of sp³-hybridized carbons (Fsp3) is 0.364. The Labute approximate surface area is 298 Å². The number of ether oxygens (including phenoxy) is 6. The van der Waals surface area contributed by atoms with Crippen LogP contribution < -0.4 is 0 Å². The van der Waals surface area contributed by atoms with Crippen LogP contribution in [0.1, 0.15) is 55.9 Å². The maximum Gasteiger partial charge on any atom is 0.187 e. The highest BCUT2D eigenvalue weighted by atomic mass is 16.7. The molecule has 0 spiro atoms. The van der Waals surface area contributed by atoms with Crippen molar-refractivity contribution in [1.82, 2.24) is 0 Å². The normalized spacial score (nSPS) is 20.8. The number of hydrogen-bond acceptors (Lipinski definition) is 6. The number of allylic oxidation sites excluding steroid dienone is 3. The molecule has 6 heteroatoms. The minimum absolute atomic E-state index is 0.294. The highest BCUT2D eigenvalue weighted by molar-refractivity contribution is 5.16. The van der Waals surface area contributed by atoms with Crippen molar-refractivity contribution >= 4 is 0 Å². The third-order valence-electron chi connectivity index (χ3n) is 8.62. The van der Waals surface area contributed by atoms with Gasteiger partial charge in [0.25, 0.3) is 0 Å². The van der Waals surface area contributed by atoms with Crippen LogP contribution >= 0.6 is 0 Å². The average Bonchev–Trinajstić information content (AvgIpc) is 3.14. The van der Waals surface area contributed by atoms with E-state index in [0.717, 1.165) is 35.1 Å². The lowest BCUT2D eigenvalue weighted by atomic mass is 9.97. The van der Waals surface area contributed by atoms with E-state index in [2.05, 4.69) is 81.5 Å². The second-order valence-corrected chi connectivity index (χ2v) is 13.0. The molecule has 4 aromatic rings. The van der Waals surface area contributed by atoms with Crippen LogP contribution in [-0.2, 0) is 54.8 Å². The van der Waals surface area contributed by atoms with Gasteiger partial charge in [-0.1, -0.05) is 145 Å². The monoisotopic (exact) mass is 676 g/mol. The fourth-order valence-electron chi connectivity index (χ4n) is 5.86. The maximum atomic E-state index is 6.81. The van der Waals surface area contributed by atoms with Crippen molar-refractivity contribution in [2.75, 3.05) is 13.2 Å². The molecule has 0 bridgehead atoms. The van der Waals surface area contributed by atoms with Crippen LogP contribution in [-0.4, -0.2) is 43.9 Å². The van der Waals surface area contributed by atoms with Crippen molar-refractivity contribution in [2.24, 2.45) is 0 Å². The summed E-state index contributed by atoms with van der Waals surface area (Å²) in [7, 11) is 0. The smallest absolute Gasteiger partial charge is 0.187 e. The Morgan fingerprint density at radius 3 is 1.50 bits per heavy atom. The molecule has 3 unspecified atom stereocenters. The molecule has 264 valence electrons. The summed E-state index contributed by atoms with van der Waals surface area (Å²) in [6.45, 7) is 8.68. The van der Waals surface area contributed by atoms with Gasteiger partial charge in [-0.05, 0) is 55.9 Å². The SMILES string of the molecule is CC(C)=CCC/C(C)=C/CO[C@@H]1OC(COCc2ccccc2)[C@@H](OCc2ccccc2)C(OCc2ccccc2)C1OCc1ccccc1. The van der Waals surface area contributed by atoms with E-state index in [1.165, 1.54) is 11.1 Å². The largest absolute Gasteiger partial charge is 0.374 e. The highest BCUT2D eigenvalue weighted by Crippen LogP contribution is 2.32. The minimum atomic E-state index is -0.719. The van der Waals surface area contributed by atoms with Gasteiger partial charge in [-0.3, -0.25) is 0 Å². The summed E-state index contributed by atoms with van der Waals surface area (Å²) in [5, 5.41) is 0. The first-order valence-corrected chi connectivity index (χ1v) is 17.7. The van der Waals surface area contributed by atoms with Crippen molar-refractivity contribution in [3.05, 3.63) is 167 Å². The van der Waals surface area contributed by atoms with Crippen LogP contribution in [0.15, 0.2) is 145 Å². The Bertz CT molecular complexity index is 1550. The van der Waals surface area contributed by atoms with E-state index in [-0.39, 0.29) is 0 Å². The van der Waals surface area contributed by atoms with Gasteiger partial charge in [-0.25, -0.2) is 0 Å². The first kappa shape index (κ1) is 37.4. The van der Waals surface area contributed by atoms with Gasteiger partial charge < -0.3 is 28.4 Å². The zero-order chi connectivity index (χ0) is 34.8. The molecular weight excluding hydrogens is 624 g/mol. The molecule has 50 heavy (non-hydrogen) atoms. The molecular formula is C44H52O6. The fourth-order valence-corrected chi connectivity index (χ4v) is 5.86. The molecule has 0 saturated carbocycles. The van der Waals surface area contributed by atoms with E-state index in [4.69, 9.17) is 28.4 Å². The zero-order valence-corrected chi connectivity index (χ0v) is 29.7. The van der Waals surface area contributed by atoms with E-state index in [1.54, 1.807) is 0 Å². The van der Waals surface area contributed by atoms with E-state index in [1.807, 2.05) is 72.8 Å². The zero-order valence-electron chi connectivity index (χ0n) is 29.7. The number of benzene rings is 4. The molecule has 6 nitrogen and oxygen atoms in total. The Hall–Kier alpha value is -3.88. The molecule has 0 aromatic heterocycles. The van der Waals surface area contributed by atoms with Crippen LogP contribution in [0.5, 0.6) is 0 Å². The predicted molar refractivity (Wildman–Crippen MR) is 198 cm³/mol. The van der Waals surface area contributed by atoms with Gasteiger partial charge in [0.2, 0.25) is 0 Å². The van der Waals surface area contributed by atoms with Crippen molar-refractivity contribution < 1.29 is 28.4 Å². The lowest BCUT2D eigenvalue weighted by Gasteiger charge is -2.45. The second-order valence-electron chi connectivity index (χ2n) is 13.0. The van der Waals surface area contributed by atoms with Gasteiger partial charge >= 0.3 is 0 Å². The molecule has 1 aliphatic rings. The standard InChI is InChI=1S/C44H52O6/c1-34(2)17-16-18-35(3)27-28-46-44-43(49-32-39-25-14-7-15-26-39)42(48-31-38-23-12-6-13-24-38)41(47-30-37-21-10-5-11-22-37)40(50-44)33-45-29-36-19-8-4-9-20-36/h4-15,17,19-27,40-44H,16,18,28-33H2,1-3H3/b35-27+/t40?,41-,42?,43?,44-/m1/s1. The lowest BCUT2D eigenvalue weighted by molar-refractivity contribution is -0.326. The molecule has 1 saturated heterocycles. The second kappa shape index (κ2) is 20.7. The Morgan fingerprint density at radius 2 is 1.00 bits per heavy atom. The first-order valence-electron chi connectivity index (χ1n) is 17.7. The van der Waals surface area contributed by atoms with Crippen molar-refractivity contribution in [1.29, 1.82) is 0 Å². The van der Waals surface area contributed by atoms with Crippen LogP contribution in [0.4, 0.5) is 0 Å². The van der Waals surface area contributed by atoms with Crippen molar-refractivity contribution in [2.45, 2.75) is 90.7 Å². The first-order chi connectivity index (χ1) is 24.5. The van der Waals surface area contributed by atoms with Crippen molar-refractivity contribution in [3.8, 4) is 0 Å². The number of rotatable bonds is 19. The van der Waals surface area contributed by atoms with Gasteiger partial charge in [-0.2, -0.15) is 0 Å². The molecule has 0 N–H and O–H groups in total. The summed E-state index contributed by atoms with van der Waals surface area (Å²) in [5.41, 5.74) is 6.86. The Morgan fingerprint density at radius 1 is 0.540 bits per heavy atom. The van der Waals surface area contributed by atoms with E-state index in [9.17, 15) is 0 Å². The highest BCUT2D eigenvalue weighted by Gasteiger charge is 2.49. The molecule has 1 aliphatic heterocycles. The Kier molecular flexibility index (Phi) is 15.5. The van der Waals surface area contributed by atoms with Gasteiger partial charge in [0.05, 0.1) is 39.6 Å². The molecule has 1 fully saturated rings. The van der Waals surface area contributed by atoms with Crippen LogP contribution in [0.2, 0.25) is 0 Å². The Balaban J connectivity index is 1.42. The third-order valence-corrected chi connectivity index (χ3v) is 8.62. The third kappa shape index (κ3) is 12.5. The van der Waals surface area contributed by atoms with Crippen LogP contribution in [0, 0.1) is 0 Å². The summed E-state index contributed by atoms with van der Waals surface area (Å²) in [6, 6.07) is 40.7. The number of hydrogen-bond donors (Lipinski definition) is 0. The quantitative estimate of drug-likeness (QED) is 0.0923. The summed E-state index contributed by atoms with van der Waals surface area (Å²) < 4.78 is 39.9. The van der Waals surface area contributed by atoms with Crippen LogP contribution in [0.3, 0.4) is 0 Å². The molecule has 5 rings (SSSR count). The predicted octanol–water partition coefficient (Wildman–Crippen LogP) is 9.39. The molecule has 0 radical (unpaired) electrons. The molecule has 1 heterocycles. The molecule has 0 amide bonds. The van der Waals surface area contributed by atoms with E-state index >= 15 is 0 Å². The van der Waals surface area contributed by atoms with Gasteiger partial charge in [0.15, 0.2) is 6.29 Å². The van der Waals surface area contributed by atoms with Crippen LogP contribution in [0.25, 0.3) is 0 Å². The van der Waals surface area contributed by atoms with Gasteiger partial charge in [-0.15, -0.1) is 0 Å². The van der Waals surface area contributed by atoms with E-state index < -0.39 is 30.7 Å². The molecule has 5 atom stereocenters. The summed E-state index contributed by atoms with van der Waals surface area (Å²) >= 11 is 0.